The maximum Gasteiger partial charge on any atom is 0.216 e. The summed E-state index contributed by atoms with van der Waals surface area (Å²) in [7, 11) is 2.02. The second-order valence-electron chi connectivity index (χ2n) is 12.8. The molecule has 5 nitrogen and oxygen atoms in total. The van der Waals surface area contributed by atoms with E-state index in [4.69, 9.17) is 14.4 Å². The summed E-state index contributed by atoms with van der Waals surface area (Å²) in [6.07, 6.45) is 3.27. The van der Waals surface area contributed by atoms with Crippen molar-refractivity contribution in [2.75, 3.05) is 0 Å². The van der Waals surface area contributed by atoms with Crippen LogP contribution in [0.25, 0.3) is 55.7 Å². The average molecular weight is 832 g/mol. The van der Waals surface area contributed by atoms with Crippen LogP contribution in [0, 0.1) is 25.0 Å². The van der Waals surface area contributed by atoms with Crippen molar-refractivity contribution in [2.24, 2.45) is 13.0 Å². The minimum atomic E-state index is -1.86. The fourth-order valence-corrected chi connectivity index (χ4v) is 9.07. The number of para-hydroxylation sites is 2. The second-order valence-corrected chi connectivity index (χ2v) is 23.4. The van der Waals surface area contributed by atoms with E-state index in [1.165, 1.54) is 5.56 Å². The van der Waals surface area contributed by atoms with E-state index in [2.05, 4.69) is 83.3 Å². The van der Waals surface area contributed by atoms with Crippen LogP contribution in [-0.4, -0.2) is 32.8 Å². The molecule has 0 unspecified atom stereocenters. The van der Waals surface area contributed by atoms with Crippen LogP contribution in [0.1, 0.15) is 25.1 Å². The van der Waals surface area contributed by atoms with E-state index in [1.54, 1.807) is 4.40 Å². The summed E-state index contributed by atoms with van der Waals surface area (Å²) in [4.78, 5) is 14.0. The SMILES string of the molecule is CC(C)Cc1cc(-c2[c-]cccc2)nc[c]1[Ge]([CH3])([CH3])[CH3].Cc1ccc2c(n1)oc1c(-c3nc4ccccc4n3C)[c-]ccc12.[Ir]. The molecule has 7 heteroatoms. The molecule has 0 fully saturated rings. The van der Waals surface area contributed by atoms with Gasteiger partial charge in [-0.1, -0.05) is 23.1 Å². The Kier molecular flexibility index (Phi) is 9.78. The summed E-state index contributed by atoms with van der Waals surface area (Å²) in [5.74, 6) is 8.84. The molecule has 0 bridgehead atoms. The number of imidazole rings is 1. The smallest absolute Gasteiger partial charge is 0.216 e. The molecule has 0 spiro atoms. The Hall–Kier alpha value is -3.58. The van der Waals surface area contributed by atoms with Gasteiger partial charge >= 0.3 is 126 Å². The van der Waals surface area contributed by atoms with Gasteiger partial charge in [0.25, 0.3) is 0 Å². The van der Waals surface area contributed by atoms with Gasteiger partial charge in [0.2, 0.25) is 5.71 Å². The summed E-state index contributed by atoms with van der Waals surface area (Å²) in [6, 6.07) is 33.0. The third-order valence-electron chi connectivity index (χ3n) is 7.86. The minimum Gasteiger partial charge on any atom is -0.486 e. The van der Waals surface area contributed by atoms with Gasteiger partial charge in [0.1, 0.15) is 0 Å². The minimum absolute atomic E-state index is 0. The van der Waals surface area contributed by atoms with Gasteiger partial charge in [0.05, 0.1) is 22.4 Å². The molecule has 231 valence electrons. The van der Waals surface area contributed by atoms with E-state index in [9.17, 15) is 0 Å². The molecule has 0 aliphatic carbocycles. The Morgan fingerprint density at radius 1 is 0.889 bits per heavy atom. The van der Waals surface area contributed by atoms with Crippen molar-refractivity contribution in [2.45, 2.75) is 44.5 Å². The summed E-state index contributed by atoms with van der Waals surface area (Å²) in [5.41, 5.74) is 8.93. The molecule has 0 aliphatic heterocycles. The number of aryl methyl sites for hydroxylation is 2. The molecule has 0 aliphatic rings. The van der Waals surface area contributed by atoms with E-state index in [1.807, 2.05) is 68.6 Å². The largest absolute Gasteiger partial charge is 0.486 e. The van der Waals surface area contributed by atoms with Crippen LogP contribution < -0.4 is 4.40 Å². The van der Waals surface area contributed by atoms with Gasteiger partial charge < -0.3 is 8.98 Å². The van der Waals surface area contributed by atoms with Crippen molar-refractivity contribution in [1.29, 1.82) is 0 Å². The van der Waals surface area contributed by atoms with Gasteiger partial charge in [-0.05, 0) is 31.2 Å². The third kappa shape index (κ3) is 6.84. The number of hydrogen-bond donors (Lipinski definition) is 0. The van der Waals surface area contributed by atoms with Crippen molar-refractivity contribution < 1.29 is 24.5 Å². The first-order chi connectivity index (χ1) is 21.1. The van der Waals surface area contributed by atoms with E-state index in [0.717, 1.165) is 62.1 Å². The fourth-order valence-electron chi connectivity index (χ4n) is 5.73. The number of nitrogens with zero attached hydrogens (tertiary/aromatic N) is 4. The quantitative estimate of drug-likeness (QED) is 0.129. The monoisotopic (exact) mass is 833 g/mol. The topological polar surface area (TPSA) is 56.7 Å². The van der Waals surface area contributed by atoms with Crippen LogP contribution in [0.3, 0.4) is 0 Å². The maximum absolute atomic E-state index is 6.07. The second kappa shape index (κ2) is 13.4. The summed E-state index contributed by atoms with van der Waals surface area (Å²) < 4.78 is 9.69. The Balaban J connectivity index is 0.000000177. The number of rotatable bonds is 5. The van der Waals surface area contributed by atoms with Crippen molar-refractivity contribution >= 4 is 50.8 Å². The normalized spacial score (nSPS) is 11.6. The van der Waals surface area contributed by atoms with Crippen molar-refractivity contribution in [3.8, 4) is 22.6 Å². The summed E-state index contributed by atoms with van der Waals surface area (Å²) in [6.45, 7) is 6.54. The van der Waals surface area contributed by atoms with Gasteiger partial charge in [0, 0.05) is 38.2 Å². The number of pyridine rings is 2. The molecule has 1 radical (unpaired) electrons. The Labute approximate surface area is 281 Å². The fraction of sp³-hybridized carbons (Fsp3) is 0.237. The molecular weight excluding hydrogens is 793 g/mol. The van der Waals surface area contributed by atoms with E-state index >= 15 is 0 Å². The molecule has 4 aromatic heterocycles. The van der Waals surface area contributed by atoms with E-state index in [0.29, 0.717) is 11.6 Å². The molecule has 7 aromatic rings. The van der Waals surface area contributed by atoms with Gasteiger partial charge in [-0.25, -0.2) is 4.98 Å². The molecule has 0 saturated carbocycles. The Morgan fingerprint density at radius 2 is 1.67 bits per heavy atom. The summed E-state index contributed by atoms with van der Waals surface area (Å²) >= 11 is -1.86. The van der Waals surface area contributed by atoms with Crippen LogP contribution in [0.15, 0.2) is 89.5 Å². The van der Waals surface area contributed by atoms with Crippen molar-refractivity contribution in [3.63, 3.8) is 0 Å². The van der Waals surface area contributed by atoms with Gasteiger partial charge in [-0.15, -0.1) is 18.2 Å². The van der Waals surface area contributed by atoms with Gasteiger partial charge in [-0.2, -0.15) is 0 Å². The zero-order chi connectivity index (χ0) is 31.0. The van der Waals surface area contributed by atoms with E-state index in [-0.39, 0.29) is 20.1 Å². The summed E-state index contributed by atoms with van der Waals surface area (Å²) in [5, 5.41) is 2.06. The van der Waals surface area contributed by atoms with Gasteiger partial charge in [-0.3, -0.25) is 4.98 Å². The molecule has 4 heterocycles. The third-order valence-corrected chi connectivity index (χ3v) is 12.2. The molecule has 3 aromatic carbocycles. The Bertz CT molecular complexity index is 2090. The molecule has 0 amide bonds. The predicted molar refractivity (Wildman–Crippen MR) is 185 cm³/mol. The zero-order valence-corrected chi connectivity index (χ0v) is 31.4. The Morgan fingerprint density at radius 3 is 2.38 bits per heavy atom. The van der Waals surface area contributed by atoms with Gasteiger partial charge in [0.15, 0.2) is 0 Å². The van der Waals surface area contributed by atoms with Crippen LogP contribution in [0.4, 0.5) is 0 Å². The number of aromatic nitrogens is 4. The number of benzene rings is 3. The van der Waals surface area contributed by atoms with Crippen molar-refractivity contribution in [1.82, 2.24) is 19.5 Å². The maximum atomic E-state index is 6.07. The van der Waals surface area contributed by atoms with Crippen LogP contribution in [0.5, 0.6) is 0 Å². The molecule has 0 saturated heterocycles. The molecule has 7 rings (SSSR count). The zero-order valence-electron chi connectivity index (χ0n) is 26.9. The number of hydrogen-bond acceptors (Lipinski definition) is 4. The average Bonchev–Trinajstić information content (AvgIpc) is 3.54. The predicted octanol–water partition coefficient (Wildman–Crippen LogP) is 8.93. The van der Waals surface area contributed by atoms with Crippen LogP contribution in [-0.2, 0) is 33.6 Å². The molecule has 0 atom stereocenters. The first kappa shape index (κ1) is 32.8. The van der Waals surface area contributed by atoms with Crippen LogP contribution >= 0.6 is 0 Å². The van der Waals surface area contributed by atoms with Crippen LogP contribution in [0.2, 0.25) is 17.3 Å². The standard InChI is InChI=1S/C20H14N3O.C18H24GeN.Ir/c1-12-10-11-14-13-6-5-7-15(18(13)24-20(14)21-12)19-22-16-8-3-4-9-17(16)23(19)2;1-14(2)11-16-12-18(15-9-7-6-8-10-15)20-13-17(16)19(3,4)5;/h3-6,8-11H,1-2H3;6-9,12-14H,11H2,1-5H3;/q2*-1;. The number of fused-ring (bicyclic) bond motifs is 4. The molecular formula is C38H38GeIrN4O-2. The van der Waals surface area contributed by atoms with E-state index < -0.39 is 13.3 Å². The molecule has 0 N–H and O–H groups in total. The molecule has 45 heavy (non-hydrogen) atoms. The number of furan rings is 1. The van der Waals surface area contributed by atoms with Crippen molar-refractivity contribution in [3.05, 3.63) is 108 Å². The first-order valence-corrected chi connectivity index (χ1v) is 22.5. The first-order valence-electron chi connectivity index (χ1n) is 15.2.